The largest absolute Gasteiger partial charge is 0.372 e. The van der Waals surface area contributed by atoms with Gasteiger partial charge in [0.25, 0.3) is 30.4 Å². The Balaban J connectivity index is 1.94. The van der Waals surface area contributed by atoms with Crippen molar-refractivity contribution in [1.82, 2.24) is 19.0 Å². The SMILES string of the molecule is Cn1cccc1C(=O)[N+](C)(c1ccc2cc(S(=O)(=O)O)ccc2c1S(=O)(=O)O)c1c2cc(S(=O)(=O)O)ccc2c(S(=O)(=O)O)c2[nH]c(=O)[nH]c12. The number of benzene rings is 4. The minimum atomic E-state index is -5.41. The van der Waals surface area contributed by atoms with E-state index in [1.54, 1.807) is 0 Å². The van der Waals surface area contributed by atoms with Gasteiger partial charge in [-0.2, -0.15) is 38.2 Å². The maximum absolute atomic E-state index is 14.9. The summed E-state index contributed by atoms with van der Waals surface area (Å²) in [4.78, 5) is 28.9. The average Bonchev–Trinajstić information content (AvgIpc) is 3.59. The molecular formula is C28H23N4O14S4+. The third-order valence-corrected chi connectivity index (χ3v) is 11.8. The van der Waals surface area contributed by atoms with Crippen LogP contribution in [0.5, 0.6) is 0 Å². The number of carbonyl (C=O) groups is 1. The Morgan fingerprint density at radius 2 is 1.24 bits per heavy atom. The van der Waals surface area contributed by atoms with E-state index in [1.807, 2.05) is 0 Å². The standard InChI is InChI=1S/C28H22N4O14S4/c1-31-11-3-4-20(31)27(33)32(2,21-10-5-14-12-15(47(35,36)37)6-8-17(14)25(21)49(41,42)43)24-19-13-16(48(38,39)40)7-9-18(19)26(50(44,45)46)23-22(24)29-28(34)30-23/h3-13H,1-2H3,(H5-,29,30,34,35,36,37,38,39,40,41,42,43,44,45,46)/p+1. The minimum absolute atomic E-state index is 0.139. The van der Waals surface area contributed by atoms with Crippen LogP contribution in [0.4, 0.5) is 11.4 Å². The summed E-state index contributed by atoms with van der Waals surface area (Å²) in [6.45, 7) is 0. The zero-order valence-corrected chi connectivity index (χ0v) is 28.5. The second kappa shape index (κ2) is 11.1. The molecule has 6 N–H and O–H groups in total. The maximum atomic E-state index is 14.9. The normalized spacial score (nSPS) is 14.4. The van der Waals surface area contributed by atoms with Gasteiger partial charge in [-0.1, -0.05) is 12.1 Å². The summed E-state index contributed by atoms with van der Waals surface area (Å²) in [5, 5.41) is -1.52. The number of carbonyl (C=O) groups excluding carboxylic acids is 1. The Labute approximate surface area is 281 Å². The quantitative estimate of drug-likeness (QED) is 0.101. The number of aromatic amines is 2. The highest BCUT2D eigenvalue weighted by molar-refractivity contribution is 7.87. The van der Waals surface area contributed by atoms with Gasteiger partial charge in [0.15, 0.2) is 16.3 Å². The molecule has 0 saturated heterocycles. The molecule has 0 aliphatic carbocycles. The number of amides is 1. The molecule has 0 fully saturated rings. The van der Waals surface area contributed by atoms with Crippen molar-refractivity contribution in [3.05, 3.63) is 83.0 Å². The molecule has 0 spiro atoms. The van der Waals surface area contributed by atoms with Gasteiger partial charge in [-0.15, -0.1) is 0 Å². The van der Waals surface area contributed by atoms with E-state index in [0.717, 1.165) is 55.6 Å². The van der Waals surface area contributed by atoms with E-state index in [4.69, 9.17) is 0 Å². The van der Waals surface area contributed by atoms with E-state index in [9.17, 15) is 61.5 Å². The zero-order chi connectivity index (χ0) is 36.9. The van der Waals surface area contributed by atoms with E-state index >= 15 is 0 Å². The van der Waals surface area contributed by atoms with Crippen LogP contribution in [0.2, 0.25) is 0 Å². The summed E-state index contributed by atoms with van der Waals surface area (Å²) >= 11 is 0. The molecule has 1 atom stereocenters. The first-order valence-corrected chi connectivity index (χ1v) is 19.4. The number of rotatable bonds is 7. The van der Waals surface area contributed by atoms with E-state index in [0.29, 0.717) is 0 Å². The van der Waals surface area contributed by atoms with Crippen LogP contribution >= 0.6 is 0 Å². The van der Waals surface area contributed by atoms with Crippen molar-refractivity contribution in [1.29, 1.82) is 0 Å². The molecule has 2 aromatic heterocycles. The van der Waals surface area contributed by atoms with Crippen molar-refractivity contribution in [3.63, 3.8) is 0 Å². The first kappa shape index (κ1) is 35.1. The van der Waals surface area contributed by atoms with Crippen molar-refractivity contribution in [2.24, 2.45) is 7.05 Å². The third-order valence-electron chi connectivity index (χ3n) is 8.21. The highest BCUT2D eigenvalue weighted by Crippen LogP contribution is 2.49. The summed E-state index contributed by atoms with van der Waals surface area (Å²) in [5.74, 6) is -1.02. The van der Waals surface area contributed by atoms with Crippen molar-refractivity contribution in [2.75, 3.05) is 7.05 Å². The van der Waals surface area contributed by atoms with E-state index in [2.05, 4.69) is 9.97 Å². The average molecular weight is 768 g/mol. The molecule has 1 amide bonds. The van der Waals surface area contributed by atoms with Crippen LogP contribution < -0.4 is 10.2 Å². The summed E-state index contributed by atoms with van der Waals surface area (Å²) in [6, 6.07) is 9.97. The molecule has 2 heterocycles. The Kier molecular flexibility index (Phi) is 7.79. The van der Waals surface area contributed by atoms with Crippen LogP contribution in [0.1, 0.15) is 10.5 Å². The number of hydrogen-bond donors (Lipinski definition) is 6. The van der Waals surface area contributed by atoms with Gasteiger partial charge in [-0.3, -0.25) is 18.2 Å². The van der Waals surface area contributed by atoms with Gasteiger partial charge in [0, 0.05) is 35.5 Å². The first-order valence-electron chi connectivity index (χ1n) is 13.7. The van der Waals surface area contributed by atoms with Crippen LogP contribution in [0, 0.1) is 0 Å². The lowest BCUT2D eigenvalue weighted by molar-refractivity contribution is 0.0851. The molecular weight excluding hydrogens is 745 g/mol. The fourth-order valence-corrected chi connectivity index (χ4v) is 8.97. The van der Waals surface area contributed by atoms with Gasteiger partial charge in [-0.05, 0) is 47.9 Å². The lowest BCUT2D eigenvalue weighted by Crippen LogP contribution is -2.47. The number of aryl methyl sites for hydroxylation is 1. The second-order valence-corrected chi connectivity index (χ2v) is 16.8. The number of nitrogens with one attached hydrogen (secondary N) is 2. The van der Waals surface area contributed by atoms with Crippen LogP contribution in [0.15, 0.2) is 91.2 Å². The summed E-state index contributed by atoms with van der Waals surface area (Å²) in [7, 11) is -18.0. The van der Waals surface area contributed by atoms with Gasteiger partial charge in [0.1, 0.15) is 16.1 Å². The lowest BCUT2D eigenvalue weighted by Gasteiger charge is -2.33. The molecule has 262 valence electrons. The monoisotopic (exact) mass is 767 g/mol. The van der Waals surface area contributed by atoms with Crippen molar-refractivity contribution < 1.29 is 56.7 Å². The Morgan fingerprint density at radius 3 is 1.78 bits per heavy atom. The maximum Gasteiger partial charge on any atom is 0.372 e. The van der Waals surface area contributed by atoms with Crippen LogP contribution in [-0.2, 0) is 47.5 Å². The second-order valence-electron chi connectivity index (χ2n) is 11.2. The number of hydrogen-bond acceptors (Lipinski definition) is 10. The molecule has 0 aliphatic rings. The number of H-pyrrole nitrogens is 2. The number of nitrogens with zero attached hydrogens (tertiary/aromatic N) is 2. The predicted molar refractivity (Wildman–Crippen MR) is 177 cm³/mol. The molecule has 4 aromatic carbocycles. The van der Waals surface area contributed by atoms with Gasteiger partial charge < -0.3 is 14.5 Å². The topological polar surface area (TPSA) is 288 Å². The summed E-state index contributed by atoms with van der Waals surface area (Å²) in [6.07, 6.45) is 1.45. The molecule has 6 aromatic rings. The van der Waals surface area contributed by atoms with Gasteiger partial charge >= 0.3 is 21.7 Å². The van der Waals surface area contributed by atoms with E-state index in [-0.39, 0.29) is 16.5 Å². The van der Waals surface area contributed by atoms with Crippen LogP contribution in [-0.4, -0.2) is 79.4 Å². The van der Waals surface area contributed by atoms with Gasteiger partial charge in [0.2, 0.25) is 0 Å². The summed E-state index contributed by atoms with van der Waals surface area (Å²) in [5.41, 5.74) is -3.48. The van der Waals surface area contributed by atoms with Crippen LogP contribution in [0.25, 0.3) is 32.6 Å². The zero-order valence-electron chi connectivity index (χ0n) is 25.2. The number of imidazole rings is 1. The van der Waals surface area contributed by atoms with Gasteiger partial charge in [0.05, 0.1) is 22.4 Å². The van der Waals surface area contributed by atoms with Crippen LogP contribution in [0.3, 0.4) is 0 Å². The lowest BCUT2D eigenvalue weighted by atomic mass is 10.0. The summed E-state index contributed by atoms with van der Waals surface area (Å²) < 4.78 is 141. The number of fused-ring (bicyclic) bond motifs is 3. The van der Waals surface area contributed by atoms with Crippen molar-refractivity contribution in [3.8, 4) is 0 Å². The third kappa shape index (κ3) is 5.51. The molecule has 0 radical (unpaired) electrons. The fourth-order valence-electron chi connectivity index (χ4n) is 6.11. The molecule has 0 aliphatic heterocycles. The van der Waals surface area contributed by atoms with Crippen molar-refractivity contribution in [2.45, 2.75) is 19.6 Å². The Morgan fingerprint density at radius 1 is 0.680 bits per heavy atom. The van der Waals surface area contributed by atoms with E-state index in [1.165, 1.54) is 29.9 Å². The fraction of sp³-hybridized carbons (Fsp3) is 0.0714. The highest BCUT2D eigenvalue weighted by atomic mass is 32.2. The number of aromatic nitrogens is 3. The number of quaternary nitrogens is 1. The predicted octanol–water partition coefficient (Wildman–Crippen LogP) is 2.60. The molecule has 1 unspecified atom stereocenters. The van der Waals surface area contributed by atoms with Gasteiger partial charge in [-0.25, -0.2) is 9.59 Å². The molecule has 6 rings (SSSR count). The molecule has 50 heavy (non-hydrogen) atoms. The van der Waals surface area contributed by atoms with E-state index < -0.39 is 109 Å². The molecule has 18 nitrogen and oxygen atoms in total. The highest BCUT2D eigenvalue weighted by Gasteiger charge is 2.47. The Hall–Kier alpha value is -4.78. The minimum Gasteiger partial charge on any atom is -0.343 e. The smallest absolute Gasteiger partial charge is 0.343 e. The molecule has 0 bridgehead atoms. The Bertz CT molecular complexity index is 3000. The molecule has 0 saturated carbocycles. The first-order chi connectivity index (χ1) is 23.0. The molecule has 22 heteroatoms. The van der Waals surface area contributed by atoms with Crippen molar-refractivity contribution >= 4 is 90.3 Å².